The second kappa shape index (κ2) is 7.16. The smallest absolute Gasteiger partial charge is 0.264 e. The Hall–Kier alpha value is -2.52. The van der Waals surface area contributed by atoms with Gasteiger partial charge in [0.1, 0.15) is 16.7 Å². The molecule has 1 aliphatic heterocycles. The minimum Gasteiger partial charge on any atom is -0.348 e. The monoisotopic (exact) mass is 327 g/mol. The molecule has 0 aliphatic carbocycles. The maximum Gasteiger partial charge on any atom is 0.264 e. The van der Waals surface area contributed by atoms with E-state index in [2.05, 4.69) is 11.9 Å². The molecule has 1 aliphatic rings. The first-order chi connectivity index (χ1) is 11.0. The Morgan fingerprint density at radius 3 is 2.83 bits per heavy atom. The number of anilines is 1. The SMILES string of the molecule is C=CCNC(=O)/C(C#N)=C1\SCC(=O)N1c1ccc(C)c(C)c1. The molecule has 0 radical (unpaired) electrons. The number of nitrogens with zero attached hydrogens (tertiary/aromatic N) is 2. The normalized spacial score (nSPS) is 16.0. The summed E-state index contributed by atoms with van der Waals surface area (Å²) in [4.78, 5) is 25.8. The van der Waals surface area contributed by atoms with E-state index in [0.29, 0.717) is 10.7 Å². The van der Waals surface area contributed by atoms with Crippen LogP contribution in [0.2, 0.25) is 0 Å². The number of thioether (sulfide) groups is 1. The van der Waals surface area contributed by atoms with E-state index < -0.39 is 5.91 Å². The van der Waals surface area contributed by atoms with E-state index in [1.54, 1.807) is 0 Å². The number of nitrogens with one attached hydrogen (secondary N) is 1. The molecule has 0 saturated carbocycles. The quantitative estimate of drug-likeness (QED) is 0.524. The molecule has 0 atom stereocenters. The summed E-state index contributed by atoms with van der Waals surface area (Å²) in [6.07, 6.45) is 1.53. The molecule has 1 N–H and O–H groups in total. The number of aryl methyl sites for hydroxylation is 2. The molecule has 118 valence electrons. The van der Waals surface area contributed by atoms with Crippen LogP contribution >= 0.6 is 11.8 Å². The molecule has 5 nitrogen and oxygen atoms in total. The average Bonchev–Trinajstić information content (AvgIpc) is 2.90. The fraction of sp³-hybridized carbons (Fsp3) is 0.235. The lowest BCUT2D eigenvalue weighted by Gasteiger charge is -2.19. The average molecular weight is 327 g/mol. The lowest BCUT2D eigenvalue weighted by Crippen LogP contribution is -2.30. The molecule has 0 bridgehead atoms. The predicted molar refractivity (Wildman–Crippen MR) is 91.7 cm³/mol. The van der Waals surface area contributed by atoms with E-state index in [4.69, 9.17) is 0 Å². The Bertz CT molecular complexity index is 747. The first-order valence-electron chi connectivity index (χ1n) is 7.06. The van der Waals surface area contributed by atoms with Crippen LogP contribution in [0.15, 0.2) is 41.5 Å². The molecule has 1 heterocycles. The zero-order valence-corrected chi connectivity index (χ0v) is 13.9. The molecule has 0 aromatic heterocycles. The van der Waals surface area contributed by atoms with Crippen LogP contribution < -0.4 is 10.2 Å². The third-order valence-corrected chi connectivity index (χ3v) is 4.54. The van der Waals surface area contributed by atoms with Gasteiger partial charge in [-0.3, -0.25) is 14.5 Å². The summed E-state index contributed by atoms with van der Waals surface area (Å²) in [5.41, 5.74) is 2.77. The van der Waals surface area contributed by atoms with Crippen LogP contribution in [-0.2, 0) is 9.59 Å². The topological polar surface area (TPSA) is 73.2 Å². The molecule has 23 heavy (non-hydrogen) atoms. The van der Waals surface area contributed by atoms with Crippen molar-refractivity contribution in [2.24, 2.45) is 0 Å². The molecule has 1 fully saturated rings. The molecule has 1 saturated heterocycles. The van der Waals surface area contributed by atoms with Crippen molar-refractivity contribution in [2.45, 2.75) is 13.8 Å². The summed E-state index contributed by atoms with van der Waals surface area (Å²) < 4.78 is 0. The predicted octanol–water partition coefficient (Wildman–Crippen LogP) is 2.42. The van der Waals surface area contributed by atoms with Crippen molar-refractivity contribution >= 4 is 29.3 Å². The second-order valence-corrected chi connectivity index (χ2v) is 6.04. The number of hydrogen-bond donors (Lipinski definition) is 1. The van der Waals surface area contributed by atoms with E-state index in [9.17, 15) is 14.9 Å². The van der Waals surface area contributed by atoms with Gasteiger partial charge in [-0.25, -0.2) is 0 Å². The van der Waals surface area contributed by atoms with Gasteiger partial charge in [0.25, 0.3) is 5.91 Å². The van der Waals surface area contributed by atoms with Crippen molar-refractivity contribution in [2.75, 3.05) is 17.2 Å². The highest BCUT2D eigenvalue weighted by atomic mass is 32.2. The van der Waals surface area contributed by atoms with Crippen molar-refractivity contribution < 1.29 is 9.59 Å². The van der Waals surface area contributed by atoms with Crippen molar-refractivity contribution in [3.63, 3.8) is 0 Å². The fourth-order valence-electron chi connectivity index (χ4n) is 2.13. The second-order valence-electron chi connectivity index (χ2n) is 5.08. The minimum atomic E-state index is -0.501. The maximum absolute atomic E-state index is 12.3. The molecular formula is C17H17N3O2S. The Balaban J connectivity index is 2.47. The summed E-state index contributed by atoms with van der Waals surface area (Å²) in [7, 11) is 0. The first-order valence-corrected chi connectivity index (χ1v) is 8.04. The zero-order chi connectivity index (χ0) is 17.0. The first kappa shape index (κ1) is 16.8. The third kappa shape index (κ3) is 3.46. The number of carbonyl (C=O) groups is 2. The highest BCUT2D eigenvalue weighted by Crippen LogP contribution is 2.36. The van der Waals surface area contributed by atoms with E-state index in [1.165, 1.54) is 22.7 Å². The van der Waals surface area contributed by atoms with Crippen LogP contribution in [0.4, 0.5) is 5.69 Å². The molecule has 2 amide bonds. The molecule has 1 aromatic carbocycles. The number of hydrogen-bond acceptors (Lipinski definition) is 4. The van der Waals surface area contributed by atoms with Crippen molar-refractivity contribution in [1.29, 1.82) is 5.26 Å². The third-order valence-electron chi connectivity index (χ3n) is 3.49. The number of rotatable bonds is 4. The van der Waals surface area contributed by atoms with Gasteiger partial charge in [-0.15, -0.1) is 6.58 Å². The van der Waals surface area contributed by atoms with Crippen LogP contribution in [0.25, 0.3) is 0 Å². The van der Waals surface area contributed by atoms with Crippen molar-refractivity contribution in [3.8, 4) is 6.07 Å². The summed E-state index contributed by atoms with van der Waals surface area (Å²) in [6, 6.07) is 7.54. The van der Waals surface area contributed by atoms with Gasteiger partial charge in [0.05, 0.1) is 5.75 Å². The summed E-state index contributed by atoms with van der Waals surface area (Å²) in [6.45, 7) is 7.73. The van der Waals surface area contributed by atoms with Crippen LogP contribution in [0.1, 0.15) is 11.1 Å². The Labute approximate surface area is 139 Å². The van der Waals surface area contributed by atoms with Gasteiger partial charge in [0.15, 0.2) is 0 Å². The Morgan fingerprint density at radius 2 is 2.22 bits per heavy atom. The van der Waals surface area contributed by atoms with Crippen molar-refractivity contribution in [1.82, 2.24) is 5.32 Å². The number of nitriles is 1. The van der Waals surface area contributed by atoms with Gasteiger partial charge in [-0.1, -0.05) is 23.9 Å². The summed E-state index contributed by atoms with van der Waals surface area (Å²) >= 11 is 1.20. The van der Waals surface area contributed by atoms with E-state index in [0.717, 1.165) is 11.1 Å². The molecule has 2 rings (SSSR count). The van der Waals surface area contributed by atoms with Crippen molar-refractivity contribution in [3.05, 3.63) is 52.6 Å². The molecule has 1 aromatic rings. The maximum atomic E-state index is 12.3. The standard InChI is InChI=1S/C17H17N3O2S/c1-4-7-19-16(22)14(9-18)17-20(15(21)10-23-17)13-6-5-11(2)12(3)8-13/h4-6,8H,1,7,10H2,2-3H3,(H,19,22)/b17-14-. The van der Waals surface area contributed by atoms with E-state index in [-0.39, 0.29) is 23.8 Å². The fourth-order valence-corrected chi connectivity index (χ4v) is 3.14. The zero-order valence-electron chi connectivity index (χ0n) is 13.0. The number of amides is 2. The number of benzene rings is 1. The van der Waals surface area contributed by atoms with Gasteiger partial charge in [-0.2, -0.15) is 5.26 Å². The van der Waals surface area contributed by atoms with Gasteiger partial charge >= 0.3 is 0 Å². The number of carbonyl (C=O) groups excluding carboxylic acids is 2. The van der Waals surface area contributed by atoms with Crippen LogP contribution in [0.5, 0.6) is 0 Å². The van der Waals surface area contributed by atoms with Gasteiger partial charge in [-0.05, 0) is 37.1 Å². The molecule has 0 spiro atoms. The Kier molecular flexibility index (Phi) is 5.24. The molecule has 6 heteroatoms. The summed E-state index contributed by atoms with van der Waals surface area (Å²) in [5.74, 6) is -0.432. The van der Waals surface area contributed by atoms with Crippen LogP contribution in [-0.4, -0.2) is 24.1 Å². The largest absolute Gasteiger partial charge is 0.348 e. The van der Waals surface area contributed by atoms with Crippen LogP contribution in [0.3, 0.4) is 0 Å². The van der Waals surface area contributed by atoms with E-state index in [1.807, 2.05) is 38.1 Å². The lowest BCUT2D eigenvalue weighted by molar-refractivity contribution is -0.116. The highest BCUT2D eigenvalue weighted by Gasteiger charge is 2.33. The summed E-state index contributed by atoms with van der Waals surface area (Å²) in [5, 5.41) is 12.3. The van der Waals surface area contributed by atoms with Crippen LogP contribution in [0, 0.1) is 25.2 Å². The highest BCUT2D eigenvalue weighted by molar-refractivity contribution is 8.04. The lowest BCUT2D eigenvalue weighted by atomic mass is 10.1. The Morgan fingerprint density at radius 1 is 1.48 bits per heavy atom. The minimum absolute atomic E-state index is 0.0547. The van der Waals surface area contributed by atoms with Gasteiger partial charge < -0.3 is 5.32 Å². The molecular weight excluding hydrogens is 310 g/mol. The van der Waals surface area contributed by atoms with E-state index >= 15 is 0 Å². The molecule has 0 unspecified atom stereocenters. The van der Waals surface area contributed by atoms with Gasteiger partial charge in [0, 0.05) is 12.2 Å². The van der Waals surface area contributed by atoms with Gasteiger partial charge in [0.2, 0.25) is 5.91 Å².